The van der Waals surface area contributed by atoms with Crippen LogP contribution in [0.4, 0.5) is 0 Å². The zero-order valence-electron chi connectivity index (χ0n) is 9.25. The second-order valence-corrected chi connectivity index (χ2v) is 4.58. The van der Waals surface area contributed by atoms with Crippen molar-refractivity contribution < 1.29 is 4.79 Å². The van der Waals surface area contributed by atoms with E-state index in [1.807, 2.05) is 0 Å². The molecule has 1 fully saturated rings. The second-order valence-electron chi connectivity index (χ2n) is 4.58. The number of rotatable bonds is 4. The molecule has 0 aliphatic heterocycles. The number of nitrogens with two attached hydrogens (primary N) is 1. The fraction of sp³-hybridized carbons (Fsp3) is 0.818. The molecule has 15 heavy (non-hydrogen) atoms. The van der Waals surface area contributed by atoms with Crippen molar-refractivity contribution in [3.63, 3.8) is 0 Å². The number of hydrogen-bond acceptors (Lipinski definition) is 3. The highest BCUT2D eigenvalue weighted by Crippen LogP contribution is 2.29. The highest BCUT2D eigenvalue weighted by atomic mass is 16.1. The Labute approximate surface area is 90.8 Å². The van der Waals surface area contributed by atoms with E-state index in [2.05, 4.69) is 11.4 Å². The molecule has 84 valence electrons. The first-order valence-electron chi connectivity index (χ1n) is 5.51. The normalized spacial score (nSPS) is 20.6. The van der Waals surface area contributed by atoms with Gasteiger partial charge < -0.3 is 11.1 Å². The lowest BCUT2D eigenvalue weighted by Crippen LogP contribution is -2.42. The van der Waals surface area contributed by atoms with E-state index < -0.39 is 0 Å². The van der Waals surface area contributed by atoms with Crippen molar-refractivity contribution in [1.29, 1.82) is 5.26 Å². The number of hydrogen-bond donors (Lipinski definition) is 2. The molecule has 1 unspecified atom stereocenters. The summed E-state index contributed by atoms with van der Waals surface area (Å²) in [5, 5.41) is 11.3. The zero-order chi connectivity index (χ0) is 11.3. The first-order valence-corrected chi connectivity index (χ1v) is 5.51. The van der Waals surface area contributed by atoms with Gasteiger partial charge in [0.05, 0.1) is 12.0 Å². The van der Waals surface area contributed by atoms with Gasteiger partial charge in [0, 0.05) is 18.5 Å². The van der Waals surface area contributed by atoms with E-state index in [4.69, 9.17) is 11.0 Å². The highest BCUT2D eigenvalue weighted by Gasteiger charge is 2.31. The van der Waals surface area contributed by atoms with Crippen molar-refractivity contribution in [3.8, 4) is 6.07 Å². The number of amides is 1. The van der Waals surface area contributed by atoms with Crippen LogP contribution >= 0.6 is 0 Å². The van der Waals surface area contributed by atoms with E-state index in [0.29, 0.717) is 13.0 Å². The first-order chi connectivity index (χ1) is 7.06. The van der Waals surface area contributed by atoms with Gasteiger partial charge in [0.15, 0.2) is 0 Å². The average molecular weight is 209 g/mol. The summed E-state index contributed by atoms with van der Waals surface area (Å²) in [6, 6.07) is 2.08. The second kappa shape index (κ2) is 5.13. The van der Waals surface area contributed by atoms with Gasteiger partial charge in [-0.2, -0.15) is 5.26 Å². The van der Waals surface area contributed by atoms with E-state index in [1.54, 1.807) is 6.92 Å². The van der Waals surface area contributed by atoms with Crippen LogP contribution in [0.15, 0.2) is 0 Å². The summed E-state index contributed by atoms with van der Waals surface area (Å²) >= 11 is 0. The van der Waals surface area contributed by atoms with Crippen LogP contribution in [0.25, 0.3) is 0 Å². The maximum atomic E-state index is 11.5. The monoisotopic (exact) mass is 209 g/mol. The van der Waals surface area contributed by atoms with Crippen molar-refractivity contribution in [2.45, 2.75) is 44.6 Å². The molecule has 0 spiro atoms. The summed E-state index contributed by atoms with van der Waals surface area (Å²) in [6.07, 6.45) is 4.52. The molecule has 0 aromatic rings. The number of nitrogens with one attached hydrogen (secondary N) is 1. The van der Waals surface area contributed by atoms with Crippen LogP contribution in [0, 0.1) is 17.2 Å². The SMILES string of the molecule is CC(C#N)CNC(=O)CC1(N)CCCC1. The van der Waals surface area contributed by atoms with Crippen LogP contribution in [0.2, 0.25) is 0 Å². The van der Waals surface area contributed by atoms with Gasteiger partial charge in [-0.25, -0.2) is 0 Å². The molecule has 4 nitrogen and oxygen atoms in total. The molecule has 1 aliphatic rings. The zero-order valence-corrected chi connectivity index (χ0v) is 9.25. The first kappa shape index (κ1) is 12.0. The number of nitriles is 1. The molecule has 0 aromatic heterocycles. The number of carbonyl (C=O) groups excluding carboxylic acids is 1. The number of nitrogens with zero attached hydrogens (tertiary/aromatic N) is 1. The van der Waals surface area contributed by atoms with Gasteiger partial charge >= 0.3 is 0 Å². The van der Waals surface area contributed by atoms with Gasteiger partial charge in [-0.15, -0.1) is 0 Å². The van der Waals surface area contributed by atoms with Crippen molar-refractivity contribution >= 4 is 5.91 Å². The van der Waals surface area contributed by atoms with Crippen LogP contribution in [0.1, 0.15) is 39.0 Å². The van der Waals surface area contributed by atoms with E-state index in [0.717, 1.165) is 25.7 Å². The van der Waals surface area contributed by atoms with Crippen molar-refractivity contribution in [1.82, 2.24) is 5.32 Å². The molecule has 1 amide bonds. The molecular formula is C11H19N3O. The fourth-order valence-corrected chi connectivity index (χ4v) is 1.95. The molecule has 1 atom stereocenters. The third kappa shape index (κ3) is 3.88. The summed E-state index contributed by atoms with van der Waals surface area (Å²) in [6.45, 7) is 2.21. The standard InChI is InChI=1S/C11H19N3O/c1-9(7-12)8-14-10(15)6-11(13)4-2-3-5-11/h9H,2-6,8,13H2,1H3,(H,14,15). The van der Waals surface area contributed by atoms with Crippen molar-refractivity contribution in [2.75, 3.05) is 6.54 Å². The van der Waals surface area contributed by atoms with E-state index >= 15 is 0 Å². The van der Waals surface area contributed by atoms with Gasteiger partial charge in [-0.3, -0.25) is 4.79 Å². The molecule has 0 bridgehead atoms. The van der Waals surface area contributed by atoms with Crippen LogP contribution < -0.4 is 11.1 Å². The molecule has 0 aromatic carbocycles. The summed E-state index contributed by atoms with van der Waals surface area (Å²) in [5.41, 5.74) is 5.78. The summed E-state index contributed by atoms with van der Waals surface area (Å²) in [4.78, 5) is 11.5. The lowest BCUT2D eigenvalue weighted by Gasteiger charge is -2.22. The van der Waals surface area contributed by atoms with Crippen LogP contribution in [0.5, 0.6) is 0 Å². The summed E-state index contributed by atoms with van der Waals surface area (Å²) in [5.74, 6) is -0.159. The summed E-state index contributed by atoms with van der Waals surface area (Å²) < 4.78 is 0. The van der Waals surface area contributed by atoms with Gasteiger partial charge in [-0.1, -0.05) is 12.8 Å². The van der Waals surface area contributed by atoms with E-state index in [9.17, 15) is 4.79 Å². The Morgan fingerprint density at radius 3 is 2.73 bits per heavy atom. The minimum Gasteiger partial charge on any atom is -0.355 e. The largest absolute Gasteiger partial charge is 0.355 e. The quantitative estimate of drug-likeness (QED) is 0.722. The Morgan fingerprint density at radius 1 is 1.60 bits per heavy atom. The predicted molar refractivity (Wildman–Crippen MR) is 57.8 cm³/mol. The van der Waals surface area contributed by atoms with Crippen LogP contribution in [-0.2, 0) is 4.79 Å². The molecule has 1 saturated carbocycles. The lowest BCUT2D eigenvalue weighted by molar-refractivity contribution is -0.122. The van der Waals surface area contributed by atoms with Gasteiger partial charge in [0.25, 0.3) is 0 Å². The van der Waals surface area contributed by atoms with Gasteiger partial charge in [0.1, 0.15) is 0 Å². The molecular weight excluding hydrogens is 190 g/mol. The minimum atomic E-state index is -0.292. The van der Waals surface area contributed by atoms with Gasteiger partial charge in [-0.05, 0) is 19.8 Å². The van der Waals surface area contributed by atoms with E-state index in [-0.39, 0.29) is 17.4 Å². The highest BCUT2D eigenvalue weighted by molar-refractivity contribution is 5.77. The van der Waals surface area contributed by atoms with E-state index in [1.165, 1.54) is 0 Å². The molecule has 0 heterocycles. The maximum Gasteiger partial charge on any atom is 0.221 e. The Hall–Kier alpha value is -1.08. The predicted octanol–water partition coefficient (Wildman–Crippen LogP) is 0.924. The minimum absolute atomic E-state index is 0.0264. The molecule has 0 saturated heterocycles. The van der Waals surface area contributed by atoms with Crippen LogP contribution in [-0.4, -0.2) is 18.0 Å². The third-order valence-electron chi connectivity index (χ3n) is 2.94. The number of carbonyl (C=O) groups is 1. The Morgan fingerprint density at radius 2 is 2.20 bits per heavy atom. The Bertz CT molecular complexity index is 263. The molecule has 0 radical (unpaired) electrons. The van der Waals surface area contributed by atoms with Crippen molar-refractivity contribution in [3.05, 3.63) is 0 Å². The molecule has 3 N–H and O–H groups in total. The maximum absolute atomic E-state index is 11.5. The van der Waals surface area contributed by atoms with Crippen LogP contribution in [0.3, 0.4) is 0 Å². The molecule has 4 heteroatoms. The topological polar surface area (TPSA) is 78.9 Å². The molecule has 1 rings (SSSR count). The fourth-order valence-electron chi connectivity index (χ4n) is 1.95. The average Bonchev–Trinajstić information content (AvgIpc) is 2.61. The smallest absolute Gasteiger partial charge is 0.221 e. The van der Waals surface area contributed by atoms with Crippen molar-refractivity contribution in [2.24, 2.45) is 11.7 Å². The Kier molecular flexibility index (Phi) is 4.10. The Balaban J connectivity index is 2.27. The molecule has 1 aliphatic carbocycles. The summed E-state index contributed by atoms with van der Waals surface area (Å²) in [7, 11) is 0. The lowest BCUT2D eigenvalue weighted by atomic mass is 9.94. The van der Waals surface area contributed by atoms with Gasteiger partial charge in [0.2, 0.25) is 5.91 Å². The third-order valence-corrected chi connectivity index (χ3v) is 2.94.